The average Bonchev–Trinajstić information content (AvgIpc) is 2.62. The van der Waals surface area contributed by atoms with Crippen LogP contribution in [0.2, 0.25) is 0 Å². The lowest BCUT2D eigenvalue weighted by Crippen LogP contribution is -2.48. The van der Waals surface area contributed by atoms with Gasteiger partial charge in [0.1, 0.15) is 0 Å². The molecule has 0 amide bonds. The molecule has 140 valence electrons. The van der Waals surface area contributed by atoms with Crippen molar-refractivity contribution in [3.05, 3.63) is 46.4 Å². The fraction of sp³-hybridized carbons (Fsp3) is 0.500. The largest absolute Gasteiger partial charge is 0.369 e. The van der Waals surface area contributed by atoms with Crippen molar-refractivity contribution < 1.29 is 0 Å². The Hall–Kier alpha value is -2.34. The third kappa shape index (κ3) is 4.43. The molecule has 0 bridgehead atoms. The molecule has 1 aromatic heterocycles. The van der Waals surface area contributed by atoms with E-state index in [9.17, 15) is 4.79 Å². The molecule has 0 unspecified atom stereocenters. The summed E-state index contributed by atoms with van der Waals surface area (Å²) in [4.78, 5) is 24.0. The molecular weight excluding hydrogens is 326 g/mol. The van der Waals surface area contributed by atoms with Crippen molar-refractivity contribution >= 4 is 17.3 Å². The molecule has 1 aliphatic heterocycles. The van der Waals surface area contributed by atoms with Crippen LogP contribution in [-0.2, 0) is 0 Å². The van der Waals surface area contributed by atoms with Gasteiger partial charge in [-0.25, -0.2) is 4.98 Å². The highest BCUT2D eigenvalue weighted by Crippen LogP contribution is 2.21. The second kappa shape index (κ2) is 7.91. The molecule has 6 heteroatoms. The van der Waals surface area contributed by atoms with E-state index >= 15 is 0 Å². The number of H-pyrrole nitrogens is 1. The van der Waals surface area contributed by atoms with E-state index in [4.69, 9.17) is 0 Å². The van der Waals surface area contributed by atoms with Crippen molar-refractivity contribution in [1.29, 1.82) is 0 Å². The summed E-state index contributed by atoms with van der Waals surface area (Å²) < 4.78 is 0. The van der Waals surface area contributed by atoms with Gasteiger partial charge in [-0.2, -0.15) is 0 Å². The quantitative estimate of drug-likeness (QED) is 0.862. The van der Waals surface area contributed by atoms with E-state index in [-0.39, 0.29) is 11.5 Å². The number of nitrogens with zero attached hydrogens (tertiary/aromatic N) is 3. The number of hydrogen-bond donors (Lipinski definition) is 2. The molecule has 0 saturated carbocycles. The Morgan fingerprint density at radius 3 is 2.27 bits per heavy atom. The summed E-state index contributed by atoms with van der Waals surface area (Å²) in [5, 5.41) is 3.20. The van der Waals surface area contributed by atoms with Gasteiger partial charge < -0.3 is 10.2 Å². The first-order valence-corrected chi connectivity index (χ1v) is 9.39. The molecule has 3 rings (SSSR count). The van der Waals surface area contributed by atoms with Crippen LogP contribution in [0.4, 0.5) is 17.3 Å². The summed E-state index contributed by atoms with van der Waals surface area (Å²) in [6.07, 6.45) is 0. The first-order chi connectivity index (χ1) is 12.4. The Labute approximate surface area is 155 Å². The molecule has 0 aliphatic carbocycles. The third-order valence-electron chi connectivity index (χ3n) is 4.89. The minimum Gasteiger partial charge on any atom is -0.369 e. The molecule has 26 heavy (non-hydrogen) atoms. The molecular formula is C20H29N5O. The first kappa shape index (κ1) is 18.5. The predicted molar refractivity (Wildman–Crippen MR) is 108 cm³/mol. The molecule has 1 fully saturated rings. The van der Waals surface area contributed by atoms with Crippen molar-refractivity contribution in [2.45, 2.75) is 39.7 Å². The fourth-order valence-electron chi connectivity index (χ4n) is 3.22. The van der Waals surface area contributed by atoms with Crippen LogP contribution in [0.25, 0.3) is 0 Å². The summed E-state index contributed by atoms with van der Waals surface area (Å²) in [5.41, 5.74) is 2.80. The van der Waals surface area contributed by atoms with Gasteiger partial charge in [0.25, 0.3) is 5.56 Å². The van der Waals surface area contributed by atoms with Gasteiger partial charge in [0, 0.05) is 49.7 Å². The number of anilines is 3. The number of hydrogen-bond acceptors (Lipinski definition) is 5. The van der Waals surface area contributed by atoms with Crippen molar-refractivity contribution in [3.63, 3.8) is 0 Å². The van der Waals surface area contributed by atoms with Gasteiger partial charge in [-0.05, 0) is 44.0 Å². The van der Waals surface area contributed by atoms with Crippen LogP contribution in [0.5, 0.6) is 0 Å². The third-order valence-corrected chi connectivity index (χ3v) is 4.89. The zero-order chi connectivity index (χ0) is 18.7. The summed E-state index contributed by atoms with van der Waals surface area (Å²) >= 11 is 0. The first-order valence-electron chi connectivity index (χ1n) is 9.39. The average molecular weight is 355 g/mol. The van der Waals surface area contributed by atoms with E-state index in [1.54, 1.807) is 6.07 Å². The molecule has 6 nitrogen and oxygen atoms in total. The van der Waals surface area contributed by atoms with Crippen molar-refractivity contribution in [1.82, 2.24) is 14.9 Å². The van der Waals surface area contributed by atoms with Crippen LogP contribution in [0.3, 0.4) is 0 Å². The van der Waals surface area contributed by atoms with Gasteiger partial charge >= 0.3 is 0 Å². The van der Waals surface area contributed by atoms with Gasteiger partial charge in [0.2, 0.25) is 5.95 Å². The Morgan fingerprint density at radius 2 is 1.69 bits per heavy atom. The predicted octanol–water partition coefficient (Wildman–Crippen LogP) is 3.17. The highest BCUT2D eigenvalue weighted by atomic mass is 16.1. The summed E-state index contributed by atoms with van der Waals surface area (Å²) in [7, 11) is 0. The minimum atomic E-state index is -0.133. The van der Waals surface area contributed by atoms with E-state index in [0.717, 1.165) is 37.6 Å². The van der Waals surface area contributed by atoms with Crippen LogP contribution in [0.1, 0.15) is 39.3 Å². The van der Waals surface area contributed by atoms with E-state index < -0.39 is 0 Å². The lowest BCUT2D eigenvalue weighted by molar-refractivity contribution is 0.209. The number of benzene rings is 1. The van der Waals surface area contributed by atoms with Crippen LogP contribution in [0.15, 0.2) is 35.1 Å². The molecule has 0 spiro atoms. The van der Waals surface area contributed by atoms with Gasteiger partial charge in [-0.15, -0.1) is 0 Å². The van der Waals surface area contributed by atoms with Crippen molar-refractivity contribution in [2.24, 2.45) is 0 Å². The Balaban J connectivity index is 1.66. The number of piperazine rings is 1. The second-order valence-corrected chi connectivity index (χ2v) is 7.46. The van der Waals surface area contributed by atoms with Crippen molar-refractivity contribution in [2.75, 3.05) is 36.4 Å². The van der Waals surface area contributed by atoms with Crippen LogP contribution < -0.4 is 15.8 Å². The molecule has 2 aromatic rings. The number of aromatic amines is 1. The maximum atomic E-state index is 11.8. The van der Waals surface area contributed by atoms with E-state index in [1.165, 1.54) is 5.69 Å². The molecule has 0 radical (unpaired) electrons. The zero-order valence-electron chi connectivity index (χ0n) is 16.1. The van der Waals surface area contributed by atoms with Crippen LogP contribution in [-0.4, -0.2) is 47.1 Å². The van der Waals surface area contributed by atoms with E-state index in [2.05, 4.69) is 51.1 Å². The van der Waals surface area contributed by atoms with Gasteiger partial charge in [0.05, 0.1) is 5.69 Å². The highest BCUT2D eigenvalue weighted by molar-refractivity contribution is 5.59. The summed E-state index contributed by atoms with van der Waals surface area (Å²) in [6.45, 7) is 12.9. The Bertz CT molecular complexity index is 774. The maximum absolute atomic E-state index is 11.8. The van der Waals surface area contributed by atoms with Crippen molar-refractivity contribution in [3.8, 4) is 0 Å². The standard InChI is InChI=1S/C20H29N5O/c1-14(2)18-13-19(26)23-20(22-18)21-16-5-7-17(8-6-16)25-11-9-24(10-12-25)15(3)4/h5-8,13-15H,9-12H2,1-4H3,(H2,21,22,23,26). The second-order valence-electron chi connectivity index (χ2n) is 7.46. The molecule has 0 atom stereocenters. The molecule has 1 aliphatic rings. The molecule has 1 aromatic carbocycles. The fourth-order valence-corrected chi connectivity index (χ4v) is 3.22. The lowest BCUT2D eigenvalue weighted by atomic mass is 10.1. The minimum absolute atomic E-state index is 0.133. The topological polar surface area (TPSA) is 64.3 Å². The smallest absolute Gasteiger partial charge is 0.252 e. The normalized spacial score (nSPS) is 15.7. The van der Waals surface area contributed by atoms with Gasteiger partial charge in [-0.1, -0.05) is 13.8 Å². The van der Waals surface area contributed by atoms with Crippen LogP contribution >= 0.6 is 0 Å². The highest BCUT2D eigenvalue weighted by Gasteiger charge is 2.18. The summed E-state index contributed by atoms with van der Waals surface area (Å²) in [5.74, 6) is 0.698. The van der Waals surface area contributed by atoms with E-state index in [1.807, 2.05) is 26.0 Å². The maximum Gasteiger partial charge on any atom is 0.252 e. The summed E-state index contributed by atoms with van der Waals surface area (Å²) in [6, 6.07) is 10.5. The Morgan fingerprint density at radius 1 is 1.04 bits per heavy atom. The van der Waals surface area contributed by atoms with Crippen LogP contribution in [0, 0.1) is 0 Å². The molecule has 2 heterocycles. The molecule has 1 saturated heterocycles. The Kier molecular flexibility index (Phi) is 5.61. The molecule has 2 N–H and O–H groups in total. The number of aromatic nitrogens is 2. The number of rotatable bonds is 5. The van der Waals surface area contributed by atoms with Gasteiger partial charge in [0.15, 0.2) is 0 Å². The monoisotopic (exact) mass is 355 g/mol. The zero-order valence-corrected chi connectivity index (χ0v) is 16.1. The number of nitrogens with one attached hydrogen (secondary N) is 2. The van der Waals surface area contributed by atoms with Gasteiger partial charge in [-0.3, -0.25) is 14.7 Å². The lowest BCUT2D eigenvalue weighted by Gasteiger charge is -2.38. The SMILES string of the molecule is CC(C)c1cc(=O)[nH]c(Nc2ccc(N3CCN(C(C)C)CC3)cc2)n1. The van der Waals surface area contributed by atoms with E-state index in [0.29, 0.717) is 12.0 Å².